The van der Waals surface area contributed by atoms with Gasteiger partial charge in [0, 0.05) is 5.56 Å². The van der Waals surface area contributed by atoms with E-state index in [0.717, 1.165) is 5.56 Å². The van der Waals surface area contributed by atoms with E-state index in [1.165, 1.54) is 6.07 Å². The molecule has 2 aromatic rings. The van der Waals surface area contributed by atoms with E-state index in [1.54, 1.807) is 12.1 Å². The molecule has 2 N–H and O–H groups in total. The van der Waals surface area contributed by atoms with Gasteiger partial charge in [0.25, 0.3) is 0 Å². The zero-order chi connectivity index (χ0) is 15.6. The second-order valence-corrected chi connectivity index (χ2v) is 6.17. The van der Waals surface area contributed by atoms with E-state index in [2.05, 4.69) is 29.8 Å². The smallest absolute Gasteiger partial charge is 0.180 e. The number of nitrogens with two attached hydrogens (primary N) is 1. The summed E-state index contributed by atoms with van der Waals surface area (Å²) in [5, 5.41) is 0. The summed E-state index contributed by atoms with van der Waals surface area (Å²) in [6.45, 7) is 4.18. The monoisotopic (exact) mass is 367 g/mol. The molecular formula is C16H15BrFNOS. The van der Waals surface area contributed by atoms with Crippen molar-refractivity contribution in [3.05, 3.63) is 57.8 Å². The Hall–Kier alpha value is -1.46. The van der Waals surface area contributed by atoms with Crippen LogP contribution in [0, 0.1) is 5.82 Å². The van der Waals surface area contributed by atoms with Crippen LogP contribution in [0.4, 0.5) is 4.39 Å². The molecule has 0 fully saturated rings. The van der Waals surface area contributed by atoms with Crippen molar-refractivity contribution in [1.82, 2.24) is 0 Å². The molecule has 0 atom stereocenters. The first-order valence-electron chi connectivity index (χ1n) is 6.45. The highest BCUT2D eigenvalue weighted by atomic mass is 79.9. The third-order valence-electron chi connectivity index (χ3n) is 3.06. The second kappa shape index (κ2) is 6.54. The third kappa shape index (κ3) is 3.60. The highest BCUT2D eigenvalue weighted by Gasteiger charge is 2.14. The Labute approximate surface area is 137 Å². The molecule has 5 heteroatoms. The highest BCUT2D eigenvalue weighted by Crippen LogP contribution is 2.32. The molecule has 2 nitrogen and oxygen atoms in total. The van der Waals surface area contributed by atoms with Crippen LogP contribution < -0.4 is 10.5 Å². The molecular weight excluding hydrogens is 353 g/mol. The number of rotatable bonds is 4. The Morgan fingerprint density at radius 3 is 2.62 bits per heavy atom. The molecule has 0 saturated heterocycles. The lowest BCUT2D eigenvalue weighted by molar-refractivity contribution is 0.439. The van der Waals surface area contributed by atoms with Crippen LogP contribution in [0.1, 0.15) is 30.9 Å². The van der Waals surface area contributed by atoms with Crippen molar-refractivity contribution >= 4 is 33.1 Å². The molecule has 0 saturated carbocycles. The van der Waals surface area contributed by atoms with E-state index in [4.69, 9.17) is 22.7 Å². The maximum absolute atomic E-state index is 14.3. The Bertz CT molecular complexity index is 688. The van der Waals surface area contributed by atoms with Crippen molar-refractivity contribution < 1.29 is 9.13 Å². The van der Waals surface area contributed by atoms with Crippen molar-refractivity contribution in [3.8, 4) is 11.5 Å². The summed E-state index contributed by atoms with van der Waals surface area (Å²) in [6.07, 6.45) is 0. The summed E-state index contributed by atoms with van der Waals surface area (Å²) in [6, 6.07) is 10.8. The number of thiocarbonyl (C=S) groups is 1. The zero-order valence-corrected chi connectivity index (χ0v) is 14.1. The van der Waals surface area contributed by atoms with Crippen LogP contribution in [0.2, 0.25) is 0 Å². The highest BCUT2D eigenvalue weighted by molar-refractivity contribution is 9.10. The average Bonchev–Trinajstić information content (AvgIpc) is 2.44. The number of hydrogen-bond acceptors (Lipinski definition) is 2. The van der Waals surface area contributed by atoms with Crippen molar-refractivity contribution in [2.75, 3.05) is 0 Å². The van der Waals surface area contributed by atoms with Gasteiger partial charge in [0.2, 0.25) is 0 Å². The van der Waals surface area contributed by atoms with Crippen molar-refractivity contribution in [1.29, 1.82) is 0 Å². The van der Waals surface area contributed by atoms with Crippen molar-refractivity contribution in [2.24, 2.45) is 5.73 Å². The van der Waals surface area contributed by atoms with E-state index >= 15 is 0 Å². The van der Waals surface area contributed by atoms with Gasteiger partial charge < -0.3 is 10.5 Å². The lowest BCUT2D eigenvalue weighted by atomic mass is 10.0. The quantitative estimate of drug-likeness (QED) is 0.759. The first-order valence-corrected chi connectivity index (χ1v) is 7.66. The Kier molecular flexibility index (Phi) is 4.96. The van der Waals surface area contributed by atoms with Gasteiger partial charge in [0.15, 0.2) is 11.6 Å². The maximum atomic E-state index is 14.3. The van der Waals surface area contributed by atoms with E-state index in [-0.39, 0.29) is 15.2 Å². The van der Waals surface area contributed by atoms with Gasteiger partial charge in [-0.05, 0) is 51.7 Å². The zero-order valence-electron chi connectivity index (χ0n) is 11.7. The molecule has 2 aromatic carbocycles. The summed E-state index contributed by atoms with van der Waals surface area (Å²) in [5.41, 5.74) is 7.11. The molecule has 0 aliphatic rings. The van der Waals surface area contributed by atoms with Crippen LogP contribution in [0.3, 0.4) is 0 Å². The molecule has 0 bridgehead atoms. The van der Waals surface area contributed by atoms with Gasteiger partial charge in [0.1, 0.15) is 10.7 Å². The molecule has 0 heterocycles. The molecule has 0 radical (unpaired) electrons. The van der Waals surface area contributed by atoms with Crippen molar-refractivity contribution in [2.45, 2.75) is 19.8 Å². The predicted molar refractivity (Wildman–Crippen MR) is 90.6 cm³/mol. The molecule has 0 unspecified atom stereocenters. The predicted octanol–water partition coefficient (Wildman–Crippen LogP) is 5.14. The third-order valence-corrected chi connectivity index (χ3v) is 4.06. The Balaban J connectivity index is 2.34. The first-order chi connectivity index (χ1) is 9.90. The molecule has 0 aliphatic heterocycles. The average molecular weight is 368 g/mol. The van der Waals surface area contributed by atoms with E-state index in [9.17, 15) is 4.39 Å². The molecule has 0 spiro atoms. The lowest BCUT2D eigenvalue weighted by Crippen LogP contribution is -2.11. The van der Waals surface area contributed by atoms with Gasteiger partial charge in [-0.2, -0.15) is 0 Å². The van der Waals surface area contributed by atoms with Gasteiger partial charge >= 0.3 is 0 Å². The Morgan fingerprint density at radius 1 is 1.29 bits per heavy atom. The summed E-state index contributed by atoms with van der Waals surface area (Å²) in [4.78, 5) is 0.133. The summed E-state index contributed by atoms with van der Waals surface area (Å²) in [7, 11) is 0. The number of halogens is 2. The normalized spacial score (nSPS) is 10.7. The van der Waals surface area contributed by atoms with Crippen LogP contribution >= 0.6 is 28.1 Å². The first kappa shape index (κ1) is 15.9. The number of hydrogen-bond donors (Lipinski definition) is 1. The van der Waals surface area contributed by atoms with Gasteiger partial charge in [0.05, 0.1) is 4.47 Å². The molecule has 0 amide bonds. The van der Waals surface area contributed by atoms with Crippen molar-refractivity contribution in [3.63, 3.8) is 0 Å². The minimum atomic E-state index is -0.518. The fourth-order valence-electron chi connectivity index (χ4n) is 1.86. The Morgan fingerprint density at radius 2 is 2.00 bits per heavy atom. The molecule has 21 heavy (non-hydrogen) atoms. The molecule has 0 aliphatic carbocycles. The van der Waals surface area contributed by atoms with Gasteiger partial charge in [-0.1, -0.05) is 38.2 Å². The van der Waals surface area contributed by atoms with Crippen LogP contribution in [0.25, 0.3) is 0 Å². The van der Waals surface area contributed by atoms with Crippen LogP contribution in [-0.2, 0) is 0 Å². The van der Waals surface area contributed by atoms with E-state index in [0.29, 0.717) is 17.2 Å². The van der Waals surface area contributed by atoms with Crippen LogP contribution in [0.5, 0.6) is 11.5 Å². The van der Waals surface area contributed by atoms with Gasteiger partial charge in [-0.15, -0.1) is 0 Å². The van der Waals surface area contributed by atoms with Gasteiger partial charge in [-0.25, -0.2) is 4.39 Å². The topological polar surface area (TPSA) is 35.2 Å². The SMILES string of the molecule is CC(C)c1cccc(Oc2ccc(C(N)=S)c(Br)c2F)c1. The number of benzene rings is 2. The van der Waals surface area contributed by atoms with Gasteiger partial charge in [-0.3, -0.25) is 0 Å². The second-order valence-electron chi connectivity index (χ2n) is 4.93. The van der Waals surface area contributed by atoms with E-state index in [1.807, 2.05) is 18.2 Å². The molecule has 0 aromatic heterocycles. The number of ether oxygens (including phenoxy) is 1. The minimum absolute atomic E-state index is 0.128. The summed E-state index contributed by atoms with van der Waals surface area (Å²) < 4.78 is 20.1. The fraction of sp³-hybridized carbons (Fsp3) is 0.188. The summed E-state index contributed by atoms with van der Waals surface area (Å²) >= 11 is 8.03. The maximum Gasteiger partial charge on any atom is 0.180 e. The van der Waals surface area contributed by atoms with E-state index < -0.39 is 5.82 Å². The van der Waals surface area contributed by atoms with Crippen LogP contribution in [0.15, 0.2) is 40.9 Å². The fourth-order valence-corrected chi connectivity index (χ4v) is 2.71. The molecule has 110 valence electrons. The van der Waals surface area contributed by atoms with Crippen LogP contribution in [-0.4, -0.2) is 4.99 Å². The standard InChI is InChI=1S/C16H15BrFNOS/c1-9(2)10-4-3-5-11(8-10)20-13-7-6-12(16(19)21)14(17)15(13)18/h3-9H,1-2H3,(H2,19,21). The minimum Gasteiger partial charge on any atom is -0.454 e. The molecule has 2 rings (SSSR count). The lowest BCUT2D eigenvalue weighted by Gasteiger charge is -2.12. The largest absolute Gasteiger partial charge is 0.454 e. The summed E-state index contributed by atoms with van der Waals surface area (Å²) in [5.74, 6) is 0.579.